The van der Waals surface area contributed by atoms with Gasteiger partial charge in [-0.1, -0.05) is 0 Å². The SMILES string of the molecule is N#Cc1cc([C@@H]2CCON2C(=O)C2CCN(c3ncccn3)CC2)co1. The fourth-order valence-electron chi connectivity index (χ4n) is 3.53. The standard InChI is InChI=1S/C18H19N5O3/c19-11-15-10-14(12-25-15)16-4-9-26-23(16)17(24)13-2-7-22(8-3-13)18-20-5-1-6-21-18/h1,5-6,10,12-13,16H,2-4,7-9H2/t16-/m0/s1. The summed E-state index contributed by atoms with van der Waals surface area (Å²) in [5, 5.41) is 10.4. The van der Waals surface area contributed by atoms with E-state index in [0.29, 0.717) is 19.0 Å². The largest absolute Gasteiger partial charge is 0.453 e. The summed E-state index contributed by atoms with van der Waals surface area (Å²) in [6, 6.07) is 5.24. The Balaban J connectivity index is 1.40. The predicted octanol–water partition coefficient (Wildman–Crippen LogP) is 2.06. The van der Waals surface area contributed by atoms with Crippen LogP contribution in [0.3, 0.4) is 0 Å². The first-order chi connectivity index (χ1) is 12.8. The Hall–Kier alpha value is -2.92. The lowest BCUT2D eigenvalue weighted by atomic mass is 9.95. The van der Waals surface area contributed by atoms with Crippen LogP contribution in [-0.2, 0) is 9.63 Å². The van der Waals surface area contributed by atoms with E-state index in [1.54, 1.807) is 24.5 Å². The number of hydroxylamine groups is 2. The Labute approximate surface area is 151 Å². The van der Waals surface area contributed by atoms with Crippen molar-refractivity contribution in [3.8, 4) is 6.07 Å². The highest BCUT2D eigenvalue weighted by Gasteiger charge is 2.37. The Bertz CT molecular complexity index is 808. The van der Waals surface area contributed by atoms with Gasteiger partial charge in [0.1, 0.15) is 6.07 Å². The van der Waals surface area contributed by atoms with Gasteiger partial charge in [0.05, 0.1) is 18.9 Å². The number of amides is 1. The van der Waals surface area contributed by atoms with Crippen LogP contribution < -0.4 is 4.90 Å². The molecule has 2 aliphatic heterocycles. The molecule has 2 aliphatic rings. The number of nitrogens with zero attached hydrogens (tertiary/aromatic N) is 5. The third-order valence-corrected chi connectivity index (χ3v) is 4.92. The Kier molecular flexibility index (Phi) is 4.54. The first-order valence-corrected chi connectivity index (χ1v) is 8.73. The Morgan fingerprint density at radius 2 is 2.00 bits per heavy atom. The van der Waals surface area contributed by atoms with E-state index in [-0.39, 0.29) is 23.6 Å². The fraction of sp³-hybridized carbons (Fsp3) is 0.444. The van der Waals surface area contributed by atoms with Crippen molar-refractivity contribution in [2.45, 2.75) is 25.3 Å². The minimum Gasteiger partial charge on any atom is -0.453 e. The van der Waals surface area contributed by atoms with E-state index >= 15 is 0 Å². The van der Waals surface area contributed by atoms with Crippen LogP contribution in [0.4, 0.5) is 5.95 Å². The van der Waals surface area contributed by atoms with Gasteiger partial charge in [-0.05, 0) is 18.9 Å². The number of furan rings is 1. The summed E-state index contributed by atoms with van der Waals surface area (Å²) in [7, 11) is 0. The van der Waals surface area contributed by atoms with Crippen molar-refractivity contribution < 1.29 is 14.0 Å². The molecule has 0 aliphatic carbocycles. The highest BCUT2D eigenvalue weighted by molar-refractivity contribution is 5.79. The van der Waals surface area contributed by atoms with Gasteiger partial charge in [0.25, 0.3) is 0 Å². The number of hydrogen-bond acceptors (Lipinski definition) is 7. The zero-order chi connectivity index (χ0) is 17.9. The van der Waals surface area contributed by atoms with Crippen LogP contribution in [0.1, 0.15) is 36.6 Å². The third-order valence-electron chi connectivity index (χ3n) is 4.92. The van der Waals surface area contributed by atoms with E-state index in [2.05, 4.69) is 14.9 Å². The van der Waals surface area contributed by atoms with Crippen molar-refractivity contribution in [3.05, 3.63) is 42.1 Å². The molecule has 0 saturated carbocycles. The molecular formula is C18H19N5O3. The molecule has 4 rings (SSSR count). The van der Waals surface area contributed by atoms with Gasteiger partial charge in [-0.25, -0.2) is 15.0 Å². The van der Waals surface area contributed by atoms with Crippen LogP contribution in [-0.4, -0.2) is 40.6 Å². The number of rotatable bonds is 3. The summed E-state index contributed by atoms with van der Waals surface area (Å²) in [5.41, 5.74) is 0.808. The molecule has 0 spiro atoms. The monoisotopic (exact) mass is 353 g/mol. The maximum atomic E-state index is 13.0. The van der Waals surface area contributed by atoms with E-state index in [9.17, 15) is 4.79 Å². The van der Waals surface area contributed by atoms with Crippen LogP contribution in [0.5, 0.6) is 0 Å². The average molecular weight is 353 g/mol. The molecule has 0 bridgehead atoms. The molecule has 2 aromatic heterocycles. The topological polar surface area (TPSA) is 95.5 Å². The lowest BCUT2D eigenvalue weighted by Gasteiger charge is -2.33. The van der Waals surface area contributed by atoms with Crippen LogP contribution in [0.25, 0.3) is 0 Å². The maximum absolute atomic E-state index is 13.0. The Morgan fingerprint density at radius 1 is 1.23 bits per heavy atom. The van der Waals surface area contributed by atoms with Crippen molar-refractivity contribution >= 4 is 11.9 Å². The van der Waals surface area contributed by atoms with Gasteiger partial charge < -0.3 is 9.32 Å². The summed E-state index contributed by atoms with van der Waals surface area (Å²) in [6.07, 6.45) is 7.16. The lowest BCUT2D eigenvalue weighted by Crippen LogP contribution is -2.42. The van der Waals surface area contributed by atoms with Gasteiger partial charge in [-0.15, -0.1) is 0 Å². The molecule has 0 radical (unpaired) electrons. The molecule has 0 N–H and O–H groups in total. The number of carbonyl (C=O) groups excluding carboxylic acids is 1. The summed E-state index contributed by atoms with van der Waals surface area (Å²) in [6.45, 7) is 1.96. The van der Waals surface area contributed by atoms with Crippen LogP contribution in [0.15, 0.2) is 35.2 Å². The quantitative estimate of drug-likeness (QED) is 0.833. The zero-order valence-corrected chi connectivity index (χ0v) is 14.2. The first kappa shape index (κ1) is 16.5. The molecule has 1 amide bonds. The summed E-state index contributed by atoms with van der Waals surface area (Å²) < 4.78 is 5.19. The number of nitriles is 1. The molecule has 0 unspecified atom stereocenters. The van der Waals surface area contributed by atoms with Crippen molar-refractivity contribution in [3.63, 3.8) is 0 Å². The van der Waals surface area contributed by atoms with Crippen LogP contribution in [0.2, 0.25) is 0 Å². The van der Waals surface area contributed by atoms with Crippen molar-refractivity contribution in [2.75, 3.05) is 24.6 Å². The highest BCUT2D eigenvalue weighted by Crippen LogP contribution is 2.34. The van der Waals surface area contributed by atoms with E-state index in [0.717, 1.165) is 31.5 Å². The highest BCUT2D eigenvalue weighted by atomic mass is 16.7. The number of piperidine rings is 1. The molecule has 2 saturated heterocycles. The first-order valence-electron chi connectivity index (χ1n) is 8.73. The second-order valence-corrected chi connectivity index (χ2v) is 6.47. The summed E-state index contributed by atoms with van der Waals surface area (Å²) in [4.78, 5) is 29.2. The van der Waals surface area contributed by atoms with E-state index < -0.39 is 0 Å². The van der Waals surface area contributed by atoms with E-state index in [1.807, 2.05) is 6.07 Å². The zero-order valence-electron chi connectivity index (χ0n) is 14.2. The fourth-order valence-corrected chi connectivity index (χ4v) is 3.53. The van der Waals surface area contributed by atoms with Crippen molar-refractivity contribution in [1.82, 2.24) is 15.0 Å². The van der Waals surface area contributed by atoms with Gasteiger partial charge in [-0.2, -0.15) is 5.26 Å². The van der Waals surface area contributed by atoms with Gasteiger partial charge >= 0.3 is 0 Å². The van der Waals surface area contributed by atoms with Crippen LogP contribution in [0, 0.1) is 17.2 Å². The molecule has 2 fully saturated rings. The van der Waals surface area contributed by atoms with Gasteiger partial charge in [0.15, 0.2) is 0 Å². The maximum Gasteiger partial charge on any atom is 0.249 e. The van der Waals surface area contributed by atoms with Gasteiger partial charge in [0, 0.05) is 49.5 Å². The van der Waals surface area contributed by atoms with Crippen molar-refractivity contribution in [2.24, 2.45) is 5.92 Å². The summed E-state index contributed by atoms with van der Waals surface area (Å²) in [5.74, 6) is 0.866. The molecule has 26 heavy (non-hydrogen) atoms. The second-order valence-electron chi connectivity index (χ2n) is 6.47. The predicted molar refractivity (Wildman–Crippen MR) is 90.5 cm³/mol. The molecule has 1 atom stereocenters. The van der Waals surface area contributed by atoms with Crippen LogP contribution >= 0.6 is 0 Å². The molecule has 4 heterocycles. The lowest BCUT2D eigenvalue weighted by molar-refractivity contribution is -0.182. The summed E-state index contributed by atoms with van der Waals surface area (Å²) >= 11 is 0. The minimum absolute atomic E-state index is 0.000776. The van der Waals surface area contributed by atoms with Crippen molar-refractivity contribution in [1.29, 1.82) is 5.26 Å². The molecule has 2 aromatic rings. The number of carbonyl (C=O) groups is 1. The minimum atomic E-state index is -0.191. The van der Waals surface area contributed by atoms with Gasteiger partial charge in [-0.3, -0.25) is 9.63 Å². The Morgan fingerprint density at radius 3 is 2.69 bits per heavy atom. The van der Waals surface area contributed by atoms with Gasteiger partial charge in [0.2, 0.25) is 17.6 Å². The normalized spacial score (nSPS) is 21.0. The molecular weight excluding hydrogens is 334 g/mol. The molecule has 8 heteroatoms. The molecule has 8 nitrogen and oxygen atoms in total. The average Bonchev–Trinajstić information content (AvgIpc) is 3.37. The van der Waals surface area contributed by atoms with E-state index in [1.165, 1.54) is 11.3 Å². The number of anilines is 1. The number of aromatic nitrogens is 2. The third kappa shape index (κ3) is 3.13. The van der Waals surface area contributed by atoms with E-state index in [4.69, 9.17) is 14.5 Å². The molecule has 134 valence electrons. The number of hydrogen-bond donors (Lipinski definition) is 0. The second kappa shape index (κ2) is 7.14. The smallest absolute Gasteiger partial charge is 0.249 e. The molecule has 0 aromatic carbocycles.